The van der Waals surface area contributed by atoms with Gasteiger partial charge in [0, 0.05) is 24.6 Å². The van der Waals surface area contributed by atoms with Crippen molar-refractivity contribution in [3.63, 3.8) is 0 Å². The van der Waals surface area contributed by atoms with Gasteiger partial charge < -0.3 is 15.7 Å². The second-order valence-electron chi connectivity index (χ2n) is 5.60. The number of halogens is 2. The first-order valence-corrected chi connectivity index (χ1v) is 7.10. The fraction of sp³-hybridized carbons (Fsp3) is 0.500. The van der Waals surface area contributed by atoms with Gasteiger partial charge in [-0.3, -0.25) is 0 Å². The zero-order chi connectivity index (χ0) is 14.4. The first kappa shape index (κ1) is 13.7. The molecule has 1 heterocycles. The molecule has 3 nitrogen and oxygen atoms in total. The van der Waals surface area contributed by atoms with Crippen molar-refractivity contribution in [2.45, 2.75) is 18.9 Å². The van der Waals surface area contributed by atoms with Crippen LogP contribution >= 0.6 is 12.2 Å². The van der Waals surface area contributed by atoms with Crippen LogP contribution in [0.1, 0.15) is 18.4 Å². The summed E-state index contributed by atoms with van der Waals surface area (Å²) in [7, 11) is 0. The van der Waals surface area contributed by atoms with Crippen molar-refractivity contribution in [3.05, 3.63) is 29.3 Å². The monoisotopic (exact) mass is 298 g/mol. The average molecular weight is 298 g/mol. The fourth-order valence-corrected chi connectivity index (χ4v) is 3.56. The Morgan fingerprint density at radius 1 is 1.25 bits per heavy atom. The minimum absolute atomic E-state index is 0.0688. The fourth-order valence-electron chi connectivity index (χ4n) is 3.41. The van der Waals surface area contributed by atoms with Crippen LogP contribution in [-0.4, -0.2) is 29.3 Å². The topological polar surface area (TPSA) is 49.5 Å². The minimum atomic E-state index is -0.993. The molecule has 1 aromatic rings. The number of hydrogen-bond donors (Lipinski definition) is 2. The molecule has 1 aliphatic heterocycles. The molecule has 1 aliphatic carbocycles. The molecule has 3 unspecified atom stereocenters. The van der Waals surface area contributed by atoms with Crippen LogP contribution in [0.5, 0.6) is 0 Å². The molecule has 0 amide bonds. The Morgan fingerprint density at radius 2 is 2.00 bits per heavy atom. The number of thiocarbonyl (C=S) groups is 1. The van der Waals surface area contributed by atoms with E-state index in [0.717, 1.165) is 12.8 Å². The first-order chi connectivity index (χ1) is 9.49. The maximum absolute atomic E-state index is 14.2. The number of aliphatic hydroxyl groups excluding tert-OH is 1. The predicted molar refractivity (Wildman–Crippen MR) is 76.7 cm³/mol. The van der Waals surface area contributed by atoms with Crippen LogP contribution in [0.25, 0.3) is 0 Å². The average Bonchev–Trinajstić information content (AvgIpc) is 2.95. The molecule has 0 bridgehead atoms. The summed E-state index contributed by atoms with van der Waals surface area (Å²) in [6.07, 6.45) is 1.42. The van der Waals surface area contributed by atoms with Gasteiger partial charge >= 0.3 is 0 Å². The second kappa shape index (κ2) is 4.93. The standard InChI is InChI=1S/C14H16F2N2OS/c15-12-8(14(17)20)2-3-10(13(12)16)18-5-7-1-4-11(19)9(7)6-18/h2-3,7,9,11,19H,1,4-6H2,(H2,17,20). The van der Waals surface area contributed by atoms with Crippen LogP contribution in [0.3, 0.4) is 0 Å². The summed E-state index contributed by atoms with van der Waals surface area (Å²) >= 11 is 4.69. The Kier molecular flexibility index (Phi) is 3.38. The van der Waals surface area contributed by atoms with Crippen LogP contribution in [-0.2, 0) is 0 Å². The van der Waals surface area contributed by atoms with Gasteiger partial charge in [-0.1, -0.05) is 12.2 Å². The summed E-state index contributed by atoms with van der Waals surface area (Å²) in [5, 5.41) is 9.88. The van der Waals surface area contributed by atoms with Crippen LogP contribution in [0.4, 0.5) is 14.5 Å². The summed E-state index contributed by atoms with van der Waals surface area (Å²) < 4.78 is 28.1. The van der Waals surface area contributed by atoms with E-state index in [2.05, 4.69) is 0 Å². The number of anilines is 1. The number of aliphatic hydroxyl groups is 1. The van der Waals surface area contributed by atoms with Gasteiger partial charge in [-0.25, -0.2) is 8.78 Å². The highest BCUT2D eigenvalue weighted by atomic mass is 32.1. The maximum atomic E-state index is 14.2. The normalized spacial score (nSPS) is 28.8. The van der Waals surface area contributed by atoms with E-state index in [4.69, 9.17) is 18.0 Å². The van der Waals surface area contributed by atoms with E-state index in [9.17, 15) is 13.9 Å². The van der Waals surface area contributed by atoms with Crippen LogP contribution < -0.4 is 10.6 Å². The third kappa shape index (κ3) is 2.07. The molecule has 2 fully saturated rings. The summed E-state index contributed by atoms with van der Waals surface area (Å²) in [6, 6.07) is 2.93. The molecule has 2 aliphatic rings. The number of nitrogens with two attached hydrogens (primary N) is 1. The number of hydrogen-bond acceptors (Lipinski definition) is 3. The van der Waals surface area contributed by atoms with Crippen LogP contribution in [0, 0.1) is 23.5 Å². The van der Waals surface area contributed by atoms with Gasteiger partial charge in [-0.05, 0) is 30.9 Å². The van der Waals surface area contributed by atoms with Crippen LogP contribution in [0.15, 0.2) is 12.1 Å². The lowest BCUT2D eigenvalue weighted by atomic mass is 10.00. The van der Waals surface area contributed by atoms with E-state index in [1.165, 1.54) is 12.1 Å². The van der Waals surface area contributed by atoms with Gasteiger partial charge in [0.25, 0.3) is 0 Å². The van der Waals surface area contributed by atoms with Crippen molar-refractivity contribution in [1.82, 2.24) is 0 Å². The van der Waals surface area contributed by atoms with E-state index in [0.29, 0.717) is 19.0 Å². The molecule has 3 N–H and O–H groups in total. The summed E-state index contributed by atoms with van der Waals surface area (Å²) in [5.74, 6) is -1.38. The zero-order valence-electron chi connectivity index (χ0n) is 10.9. The van der Waals surface area contributed by atoms with Crippen molar-refractivity contribution >= 4 is 22.9 Å². The highest BCUT2D eigenvalue weighted by Gasteiger charge is 2.42. The molecular formula is C14H16F2N2OS. The number of fused-ring (bicyclic) bond motifs is 1. The van der Waals surface area contributed by atoms with E-state index in [1.54, 1.807) is 4.90 Å². The third-order valence-electron chi connectivity index (χ3n) is 4.49. The van der Waals surface area contributed by atoms with Gasteiger partial charge in [-0.15, -0.1) is 0 Å². The zero-order valence-corrected chi connectivity index (χ0v) is 11.7. The van der Waals surface area contributed by atoms with E-state index >= 15 is 0 Å². The Balaban J connectivity index is 1.89. The molecule has 3 atom stereocenters. The molecule has 1 saturated heterocycles. The van der Waals surface area contributed by atoms with Crippen LogP contribution in [0.2, 0.25) is 0 Å². The van der Waals surface area contributed by atoms with Crippen molar-refractivity contribution in [1.29, 1.82) is 0 Å². The van der Waals surface area contributed by atoms with Gasteiger partial charge in [0.1, 0.15) is 4.99 Å². The van der Waals surface area contributed by atoms with Crippen molar-refractivity contribution in [3.8, 4) is 0 Å². The molecular weight excluding hydrogens is 282 g/mol. The third-order valence-corrected chi connectivity index (χ3v) is 4.71. The number of nitrogens with zero attached hydrogens (tertiary/aromatic N) is 1. The SMILES string of the molecule is NC(=S)c1ccc(N2CC3CCC(O)C3C2)c(F)c1F. The lowest BCUT2D eigenvalue weighted by Gasteiger charge is -2.21. The van der Waals surface area contributed by atoms with Gasteiger partial charge in [-0.2, -0.15) is 0 Å². The molecule has 1 saturated carbocycles. The summed E-state index contributed by atoms with van der Waals surface area (Å²) in [5.41, 5.74) is 5.52. The highest BCUT2D eigenvalue weighted by molar-refractivity contribution is 7.80. The number of benzene rings is 1. The van der Waals surface area contributed by atoms with Gasteiger partial charge in [0.05, 0.1) is 11.8 Å². The van der Waals surface area contributed by atoms with Gasteiger partial charge in [0.15, 0.2) is 11.6 Å². The molecule has 108 valence electrons. The lowest BCUT2D eigenvalue weighted by Crippen LogP contribution is -2.26. The molecule has 0 spiro atoms. The molecule has 3 rings (SSSR count). The number of rotatable bonds is 2. The Hall–Kier alpha value is -1.27. The molecule has 20 heavy (non-hydrogen) atoms. The quantitative estimate of drug-likeness (QED) is 0.818. The molecule has 1 aromatic carbocycles. The minimum Gasteiger partial charge on any atom is -0.393 e. The Labute approximate surface area is 121 Å². The smallest absolute Gasteiger partial charge is 0.182 e. The molecule has 0 radical (unpaired) electrons. The first-order valence-electron chi connectivity index (χ1n) is 6.70. The predicted octanol–water partition coefficient (Wildman–Crippen LogP) is 1.81. The Morgan fingerprint density at radius 3 is 2.65 bits per heavy atom. The summed E-state index contributed by atoms with van der Waals surface area (Å²) in [4.78, 5) is 1.65. The lowest BCUT2D eigenvalue weighted by molar-refractivity contribution is 0.133. The van der Waals surface area contributed by atoms with Gasteiger partial charge in [0.2, 0.25) is 0 Å². The van der Waals surface area contributed by atoms with E-state index < -0.39 is 11.6 Å². The van der Waals surface area contributed by atoms with E-state index in [1.807, 2.05) is 0 Å². The van der Waals surface area contributed by atoms with E-state index in [-0.39, 0.29) is 28.3 Å². The Bertz CT molecular complexity index is 566. The largest absolute Gasteiger partial charge is 0.393 e. The summed E-state index contributed by atoms with van der Waals surface area (Å²) in [6.45, 7) is 1.22. The van der Waals surface area contributed by atoms with Crippen molar-refractivity contribution in [2.75, 3.05) is 18.0 Å². The molecule has 6 heteroatoms. The van der Waals surface area contributed by atoms with Crippen molar-refractivity contribution < 1.29 is 13.9 Å². The second-order valence-corrected chi connectivity index (χ2v) is 6.04. The maximum Gasteiger partial charge on any atom is 0.182 e. The van der Waals surface area contributed by atoms with Crippen molar-refractivity contribution in [2.24, 2.45) is 17.6 Å². The molecule has 0 aromatic heterocycles. The highest BCUT2D eigenvalue weighted by Crippen LogP contribution is 2.40.